The summed E-state index contributed by atoms with van der Waals surface area (Å²) in [6, 6.07) is 13.4. The topological polar surface area (TPSA) is 75.3 Å². The Kier molecular flexibility index (Phi) is 7.34. The maximum absolute atomic E-state index is 10.6. The average molecular weight is 381 g/mol. The van der Waals surface area contributed by atoms with E-state index in [4.69, 9.17) is 38.8 Å². The summed E-state index contributed by atoms with van der Waals surface area (Å²) in [7, 11) is 0. The quantitative estimate of drug-likeness (QED) is 0.712. The van der Waals surface area contributed by atoms with E-state index in [1.165, 1.54) is 0 Å². The zero-order chi connectivity index (χ0) is 18.3. The zero-order valence-electron chi connectivity index (χ0n) is 12.1. The lowest BCUT2D eigenvalue weighted by Crippen LogP contribution is -2.21. The number of carbonyl (C=O) groups is 1. The zero-order valence-corrected chi connectivity index (χ0v) is 13.6. The number of alkyl halides is 3. The van der Waals surface area contributed by atoms with Crippen LogP contribution in [0.15, 0.2) is 42.5 Å². The fourth-order valence-corrected chi connectivity index (χ4v) is 1.83. The van der Waals surface area contributed by atoms with Crippen molar-refractivity contribution in [1.29, 1.82) is 0 Å². The van der Waals surface area contributed by atoms with Crippen LogP contribution in [0.5, 0.6) is 0 Å². The minimum atomic E-state index is -5.08. The van der Waals surface area contributed by atoms with Crippen LogP contribution in [0.25, 0.3) is 0 Å². The van der Waals surface area contributed by atoms with E-state index in [2.05, 4.69) is 5.32 Å². The van der Waals surface area contributed by atoms with Crippen molar-refractivity contribution in [2.24, 2.45) is 5.73 Å². The van der Waals surface area contributed by atoms with Crippen LogP contribution >= 0.6 is 23.2 Å². The van der Waals surface area contributed by atoms with E-state index < -0.39 is 12.1 Å². The standard InChI is InChI=1S/C13H12Cl2N2.C2HF3O2/c14-11-2-1-3-12(13(11)15)17-10-6-4-9(8-16)5-7-10;3-2(4,5)1(6)7/h1-7,17H,8,16H2;(H,6,7). The molecule has 0 radical (unpaired) electrons. The summed E-state index contributed by atoms with van der Waals surface area (Å²) < 4.78 is 31.7. The molecule has 0 saturated heterocycles. The van der Waals surface area contributed by atoms with Crippen LogP contribution in [0.1, 0.15) is 5.56 Å². The molecule has 9 heteroatoms. The second-order valence-electron chi connectivity index (χ2n) is 4.43. The Hall–Kier alpha value is -1.96. The molecule has 130 valence electrons. The Balaban J connectivity index is 0.000000351. The molecule has 0 unspecified atom stereocenters. The molecule has 0 aliphatic rings. The Bertz CT molecular complexity index is 692. The predicted octanol–water partition coefficient (Wildman–Crippen LogP) is 4.83. The second-order valence-corrected chi connectivity index (χ2v) is 5.22. The normalized spacial score (nSPS) is 10.6. The van der Waals surface area contributed by atoms with Crippen molar-refractivity contribution >= 4 is 40.5 Å². The number of halogens is 5. The van der Waals surface area contributed by atoms with Gasteiger partial charge in [-0.15, -0.1) is 0 Å². The van der Waals surface area contributed by atoms with Crippen LogP contribution in [0.4, 0.5) is 24.5 Å². The van der Waals surface area contributed by atoms with Crippen molar-refractivity contribution in [2.75, 3.05) is 5.32 Å². The van der Waals surface area contributed by atoms with Crippen molar-refractivity contribution in [3.05, 3.63) is 58.1 Å². The summed E-state index contributed by atoms with van der Waals surface area (Å²) in [5.74, 6) is -2.76. The molecule has 2 aromatic rings. The number of nitrogens with one attached hydrogen (secondary N) is 1. The van der Waals surface area contributed by atoms with Crippen LogP contribution in [0, 0.1) is 0 Å². The Labute approximate surface area is 146 Å². The molecule has 0 atom stereocenters. The highest BCUT2D eigenvalue weighted by Gasteiger charge is 2.38. The van der Waals surface area contributed by atoms with E-state index >= 15 is 0 Å². The van der Waals surface area contributed by atoms with Crippen LogP contribution in [-0.2, 0) is 11.3 Å². The van der Waals surface area contributed by atoms with Gasteiger partial charge in [-0.25, -0.2) is 4.79 Å². The first kappa shape index (κ1) is 20.1. The van der Waals surface area contributed by atoms with Gasteiger partial charge in [-0.05, 0) is 29.8 Å². The Morgan fingerprint density at radius 1 is 1.12 bits per heavy atom. The minimum Gasteiger partial charge on any atom is -0.475 e. The van der Waals surface area contributed by atoms with Crippen molar-refractivity contribution in [2.45, 2.75) is 12.7 Å². The molecule has 0 heterocycles. The Morgan fingerprint density at radius 2 is 1.67 bits per heavy atom. The van der Waals surface area contributed by atoms with Crippen molar-refractivity contribution in [3.8, 4) is 0 Å². The fourth-order valence-electron chi connectivity index (χ4n) is 1.48. The molecule has 4 nitrogen and oxygen atoms in total. The first-order valence-corrected chi connectivity index (χ1v) is 7.21. The first-order valence-electron chi connectivity index (χ1n) is 6.45. The SMILES string of the molecule is NCc1ccc(Nc2cccc(Cl)c2Cl)cc1.O=C(O)C(F)(F)F. The van der Waals surface area contributed by atoms with Gasteiger partial charge in [0, 0.05) is 12.2 Å². The van der Waals surface area contributed by atoms with Crippen molar-refractivity contribution in [1.82, 2.24) is 0 Å². The van der Waals surface area contributed by atoms with Crippen molar-refractivity contribution < 1.29 is 23.1 Å². The number of carboxylic acid groups (broad SMARTS) is 1. The summed E-state index contributed by atoms with van der Waals surface area (Å²) in [5, 5.41) is 11.4. The number of rotatable bonds is 3. The van der Waals surface area contributed by atoms with E-state index in [9.17, 15) is 13.2 Å². The average Bonchev–Trinajstić information content (AvgIpc) is 2.52. The molecular weight excluding hydrogens is 368 g/mol. The third-order valence-electron chi connectivity index (χ3n) is 2.66. The van der Waals surface area contributed by atoms with Gasteiger partial charge in [-0.2, -0.15) is 13.2 Å². The van der Waals surface area contributed by atoms with Crippen LogP contribution in [0.2, 0.25) is 10.0 Å². The monoisotopic (exact) mass is 380 g/mol. The third-order valence-corrected chi connectivity index (χ3v) is 3.48. The lowest BCUT2D eigenvalue weighted by molar-refractivity contribution is -0.192. The highest BCUT2D eigenvalue weighted by Crippen LogP contribution is 2.31. The molecule has 4 N–H and O–H groups in total. The lowest BCUT2D eigenvalue weighted by Gasteiger charge is -2.09. The molecule has 0 fully saturated rings. The van der Waals surface area contributed by atoms with Gasteiger partial charge < -0.3 is 16.2 Å². The van der Waals surface area contributed by atoms with Gasteiger partial charge in [0.1, 0.15) is 0 Å². The maximum atomic E-state index is 10.6. The summed E-state index contributed by atoms with van der Waals surface area (Å²) in [6.45, 7) is 0.540. The highest BCUT2D eigenvalue weighted by molar-refractivity contribution is 6.43. The maximum Gasteiger partial charge on any atom is 0.490 e. The molecule has 2 rings (SSSR count). The molecular formula is C15H13Cl2F3N2O2. The molecule has 0 bridgehead atoms. The summed E-state index contributed by atoms with van der Waals surface area (Å²) >= 11 is 12.0. The van der Waals surface area contributed by atoms with Gasteiger partial charge in [0.15, 0.2) is 0 Å². The lowest BCUT2D eigenvalue weighted by atomic mass is 10.2. The largest absolute Gasteiger partial charge is 0.490 e. The van der Waals surface area contributed by atoms with Gasteiger partial charge in [0.05, 0.1) is 15.7 Å². The van der Waals surface area contributed by atoms with Crippen LogP contribution in [-0.4, -0.2) is 17.3 Å². The minimum absolute atomic E-state index is 0.525. The predicted molar refractivity (Wildman–Crippen MR) is 87.8 cm³/mol. The molecule has 0 spiro atoms. The highest BCUT2D eigenvalue weighted by atomic mass is 35.5. The van der Waals surface area contributed by atoms with Crippen molar-refractivity contribution in [3.63, 3.8) is 0 Å². The van der Waals surface area contributed by atoms with Gasteiger partial charge in [-0.1, -0.05) is 41.4 Å². The van der Waals surface area contributed by atoms with E-state index in [0.29, 0.717) is 16.6 Å². The molecule has 0 amide bonds. The second kappa shape index (κ2) is 8.77. The fraction of sp³-hybridized carbons (Fsp3) is 0.133. The number of carboxylic acids is 1. The van der Waals surface area contributed by atoms with Gasteiger partial charge >= 0.3 is 12.1 Å². The van der Waals surface area contributed by atoms with Crippen LogP contribution in [0.3, 0.4) is 0 Å². The first-order chi connectivity index (χ1) is 11.1. The van der Waals surface area contributed by atoms with E-state index in [-0.39, 0.29) is 0 Å². The molecule has 2 aromatic carbocycles. The number of benzene rings is 2. The third kappa shape index (κ3) is 6.27. The van der Waals surface area contributed by atoms with Crippen LogP contribution < -0.4 is 11.1 Å². The summed E-state index contributed by atoms with van der Waals surface area (Å²) in [5.41, 5.74) is 8.37. The molecule has 0 aromatic heterocycles. The molecule has 0 aliphatic heterocycles. The Morgan fingerprint density at radius 3 is 2.12 bits per heavy atom. The number of hydrogen-bond acceptors (Lipinski definition) is 3. The number of hydrogen-bond donors (Lipinski definition) is 3. The molecule has 0 aliphatic carbocycles. The van der Waals surface area contributed by atoms with E-state index in [0.717, 1.165) is 16.9 Å². The number of anilines is 2. The van der Waals surface area contributed by atoms with E-state index in [1.807, 2.05) is 36.4 Å². The summed E-state index contributed by atoms with van der Waals surface area (Å²) in [6.07, 6.45) is -5.08. The number of aliphatic carboxylic acids is 1. The summed E-state index contributed by atoms with van der Waals surface area (Å²) in [4.78, 5) is 8.90. The smallest absolute Gasteiger partial charge is 0.475 e. The number of nitrogens with two attached hydrogens (primary N) is 1. The van der Waals surface area contributed by atoms with Gasteiger partial charge in [0.2, 0.25) is 0 Å². The van der Waals surface area contributed by atoms with E-state index in [1.54, 1.807) is 6.07 Å². The molecule has 0 saturated carbocycles. The van der Waals surface area contributed by atoms with Gasteiger partial charge in [0.25, 0.3) is 0 Å². The molecule has 24 heavy (non-hydrogen) atoms. The van der Waals surface area contributed by atoms with Gasteiger partial charge in [-0.3, -0.25) is 0 Å².